The van der Waals surface area contributed by atoms with E-state index in [0.717, 1.165) is 12.1 Å². The summed E-state index contributed by atoms with van der Waals surface area (Å²) in [4.78, 5) is 0. The van der Waals surface area contributed by atoms with Gasteiger partial charge in [-0.15, -0.1) is 0 Å². The molecule has 0 aliphatic heterocycles. The van der Waals surface area contributed by atoms with Crippen LogP contribution in [0.2, 0.25) is 0 Å². The summed E-state index contributed by atoms with van der Waals surface area (Å²) in [7, 11) is 0. The maximum absolute atomic E-state index is 8.49. The van der Waals surface area contributed by atoms with E-state index in [4.69, 9.17) is 11.0 Å². The Hall–Kier alpha value is -1.27. The second-order valence-electron chi connectivity index (χ2n) is 2.97. The molecule has 1 heterocycles. The van der Waals surface area contributed by atoms with E-state index in [2.05, 4.69) is 6.07 Å². The molecule has 1 aromatic heterocycles. The molecule has 0 aromatic carbocycles. The number of hydrogen-bond acceptors (Lipinski definition) is 2. The van der Waals surface area contributed by atoms with Crippen molar-refractivity contribution in [2.24, 2.45) is 5.73 Å². The van der Waals surface area contributed by atoms with Gasteiger partial charge in [-0.3, -0.25) is 0 Å². The van der Waals surface area contributed by atoms with Crippen molar-refractivity contribution in [2.75, 3.05) is 0 Å². The van der Waals surface area contributed by atoms with E-state index >= 15 is 0 Å². The molecule has 0 radical (unpaired) electrons. The smallest absolute Gasteiger partial charge is 0.109 e. The van der Waals surface area contributed by atoms with Crippen LogP contribution in [-0.4, -0.2) is 10.6 Å². The average molecular weight is 163 g/mol. The molecule has 0 saturated heterocycles. The molecule has 1 aromatic rings. The standard InChI is InChI=1S/C9H13N3/c1-8(11)7-9-3-2-5-12(9)6-4-10/h2-3,5,8H,6-7,11H2,1H3. The lowest BCUT2D eigenvalue weighted by molar-refractivity contribution is 0.675. The normalized spacial score (nSPS) is 12.4. The van der Waals surface area contributed by atoms with Crippen molar-refractivity contribution in [2.45, 2.75) is 25.9 Å². The highest BCUT2D eigenvalue weighted by atomic mass is 15.0. The van der Waals surface area contributed by atoms with Crippen molar-refractivity contribution >= 4 is 0 Å². The predicted molar refractivity (Wildman–Crippen MR) is 47.4 cm³/mol. The third-order valence-corrected chi connectivity index (χ3v) is 1.70. The largest absolute Gasteiger partial charge is 0.338 e. The summed E-state index contributed by atoms with van der Waals surface area (Å²) in [5, 5.41) is 8.49. The minimum absolute atomic E-state index is 0.150. The lowest BCUT2D eigenvalue weighted by Crippen LogP contribution is -2.19. The van der Waals surface area contributed by atoms with Gasteiger partial charge in [0.15, 0.2) is 0 Å². The maximum atomic E-state index is 8.49. The molecule has 1 unspecified atom stereocenters. The van der Waals surface area contributed by atoms with Crippen LogP contribution < -0.4 is 5.73 Å². The Bertz CT molecular complexity index is 280. The lowest BCUT2D eigenvalue weighted by atomic mass is 10.2. The fourth-order valence-corrected chi connectivity index (χ4v) is 1.20. The third-order valence-electron chi connectivity index (χ3n) is 1.70. The quantitative estimate of drug-likeness (QED) is 0.719. The van der Waals surface area contributed by atoms with Crippen LogP contribution in [0.4, 0.5) is 0 Å². The molecule has 0 aliphatic rings. The van der Waals surface area contributed by atoms with E-state index < -0.39 is 0 Å². The van der Waals surface area contributed by atoms with Crippen LogP contribution in [0.15, 0.2) is 18.3 Å². The first-order chi connectivity index (χ1) is 5.74. The van der Waals surface area contributed by atoms with Crippen LogP contribution in [0.3, 0.4) is 0 Å². The van der Waals surface area contributed by atoms with Crippen LogP contribution in [0, 0.1) is 11.3 Å². The topological polar surface area (TPSA) is 54.7 Å². The number of nitrogens with two attached hydrogens (primary N) is 1. The fraction of sp³-hybridized carbons (Fsp3) is 0.444. The molecule has 3 heteroatoms. The van der Waals surface area contributed by atoms with Gasteiger partial charge in [0, 0.05) is 24.4 Å². The summed E-state index contributed by atoms with van der Waals surface area (Å²) in [5.41, 5.74) is 6.78. The van der Waals surface area contributed by atoms with Crippen molar-refractivity contribution < 1.29 is 0 Å². The first-order valence-electron chi connectivity index (χ1n) is 4.00. The Labute approximate surface area is 72.4 Å². The van der Waals surface area contributed by atoms with E-state index in [1.165, 1.54) is 0 Å². The SMILES string of the molecule is CC(N)Cc1cccn1CC#N. The molecular formula is C9H13N3. The summed E-state index contributed by atoms with van der Waals surface area (Å²) in [5.74, 6) is 0. The van der Waals surface area contributed by atoms with Gasteiger partial charge >= 0.3 is 0 Å². The Morgan fingerprint density at radius 3 is 3.08 bits per heavy atom. The molecular weight excluding hydrogens is 150 g/mol. The van der Waals surface area contributed by atoms with E-state index in [1.54, 1.807) is 0 Å². The fourth-order valence-electron chi connectivity index (χ4n) is 1.20. The number of nitrogens with zero attached hydrogens (tertiary/aromatic N) is 2. The van der Waals surface area contributed by atoms with Gasteiger partial charge in [-0.25, -0.2) is 0 Å². The van der Waals surface area contributed by atoms with Gasteiger partial charge in [-0.1, -0.05) is 0 Å². The van der Waals surface area contributed by atoms with Crippen LogP contribution in [0.5, 0.6) is 0 Å². The molecule has 1 rings (SSSR count). The average Bonchev–Trinajstić information content (AvgIpc) is 2.37. The zero-order valence-electron chi connectivity index (χ0n) is 7.20. The zero-order chi connectivity index (χ0) is 8.97. The summed E-state index contributed by atoms with van der Waals surface area (Å²) in [6.45, 7) is 2.37. The summed E-state index contributed by atoms with van der Waals surface area (Å²) in [6.07, 6.45) is 2.73. The molecule has 0 amide bonds. The molecule has 0 fully saturated rings. The molecule has 0 spiro atoms. The number of nitriles is 1. The van der Waals surface area contributed by atoms with Gasteiger partial charge < -0.3 is 10.3 Å². The second-order valence-corrected chi connectivity index (χ2v) is 2.97. The highest BCUT2D eigenvalue weighted by Crippen LogP contribution is 2.04. The minimum atomic E-state index is 0.150. The minimum Gasteiger partial charge on any atom is -0.338 e. The van der Waals surface area contributed by atoms with Crippen LogP contribution in [0.25, 0.3) is 0 Å². The van der Waals surface area contributed by atoms with Gasteiger partial charge in [-0.2, -0.15) is 5.26 Å². The summed E-state index contributed by atoms with van der Waals surface area (Å²) in [6, 6.07) is 6.20. The van der Waals surface area contributed by atoms with Crippen molar-refractivity contribution in [1.29, 1.82) is 5.26 Å². The van der Waals surface area contributed by atoms with E-state index in [1.807, 2.05) is 29.8 Å². The summed E-state index contributed by atoms with van der Waals surface area (Å²) >= 11 is 0. The molecule has 2 N–H and O–H groups in total. The zero-order valence-corrected chi connectivity index (χ0v) is 7.20. The summed E-state index contributed by atoms with van der Waals surface area (Å²) < 4.78 is 1.92. The molecule has 1 atom stereocenters. The molecule has 3 nitrogen and oxygen atoms in total. The Morgan fingerprint density at radius 2 is 2.50 bits per heavy atom. The van der Waals surface area contributed by atoms with Crippen molar-refractivity contribution in [3.05, 3.63) is 24.0 Å². The number of hydrogen-bond donors (Lipinski definition) is 1. The van der Waals surface area contributed by atoms with Crippen molar-refractivity contribution in [3.63, 3.8) is 0 Å². The number of aromatic nitrogens is 1. The van der Waals surface area contributed by atoms with Gasteiger partial charge in [0.1, 0.15) is 6.54 Å². The molecule has 0 saturated carbocycles. The van der Waals surface area contributed by atoms with Crippen molar-refractivity contribution in [1.82, 2.24) is 4.57 Å². The van der Waals surface area contributed by atoms with Crippen LogP contribution >= 0.6 is 0 Å². The van der Waals surface area contributed by atoms with Gasteiger partial charge in [0.05, 0.1) is 6.07 Å². The molecule has 12 heavy (non-hydrogen) atoms. The number of rotatable bonds is 3. The third kappa shape index (κ3) is 2.11. The molecule has 0 aliphatic carbocycles. The predicted octanol–water partition coefficient (Wildman–Crippen LogP) is 0.901. The highest BCUT2D eigenvalue weighted by molar-refractivity contribution is 5.09. The highest BCUT2D eigenvalue weighted by Gasteiger charge is 2.02. The van der Waals surface area contributed by atoms with Crippen LogP contribution in [-0.2, 0) is 13.0 Å². The van der Waals surface area contributed by atoms with Gasteiger partial charge in [0.2, 0.25) is 0 Å². The first kappa shape index (κ1) is 8.82. The lowest BCUT2D eigenvalue weighted by Gasteiger charge is -2.07. The van der Waals surface area contributed by atoms with E-state index in [9.17, 15) is 0 Å². The Kier molecular flexibility index (Phi) is 2.89. The van der Waals surface area contributed by atoms with Gasteiger partial charge in [0.25, 0.3) is 0 Å². The Balaban J connectivity index is 2.71. The van der Waals surface area contributed by atoms with Crippen molar-refractivity contribution in [3.8, 4) is 6.07 Å². The van der Waals surface area contributed by atoms with Crippen LogP contribution in [0.1, 0.15) is 12.6 Å². The van der Waals surface area contributed by atoms with E-state index in [0.29, 0.717) is 6.54 Å². The van der Waals surface area contributed by atoms with Gasteiger partial charge in [-0.05, 0) is 19.1 Å². The Morgan fingerprint density at radius 1 is 1.75 bits per heavy atom. The monoisotopic (exact) mass is 163 g/mol. The first-order valence-corrected chi connectivity index (χ1v) is 4.00. The maximum Gasteiger partial charge on any atom is 0.109 e. The second kappa shape index (κ2) is 3.93. The van der Waals surface area contributed by atoms with E-state index in [-0.39, 0.29) is 6.04 Å². The molecule has 64 valence electrons. The molecule has 0 bridgehead atoms.